The summed E-state index contributed by atoms with van der Waals surface area (Å²) in [6, 6.07) is 22.1. The fourth-order valence-electron chi connectivity index (χ4n) is 4.36. The van der Waals surface area contributed by atoms with Crippen LogP contribution in [0.1, 0.15) is 36.3 Å². The number of fused-ring (bicyclic) bond motifs is 5. The molecule has 3 aromatic carbocycles. The van der Waals surface area contributed by atoms with Crippen molar-refractivity contribution in [1.82, 2.24) is 0 Å². The van der Waals surface area contributed by atoms with E-state index in [2.05, 4.69) is 66.7 Å². The zero-order valence-corrected chi connectivity index (χ0v) is 12.5. The van der Waals surface area contributed by atoms with Gasteiger partial charge in [-0.3, -0.25) is 0 Å². The smallest absolute Gasteiger partial charge is 0.00637 e. The van der Waals surface area contributed by atoms with Crippen LogP contribution in [0.25, 0.3) is 28.0 Å². The van der Waals surface area contributed by atoms with Crippen molar-refractivity contribution in [3.05, 3.63) is 77.4 Å². The van der Waals surface area contributed by atoms with Crippen LogP contribution < -0.4 is 0 Å². The Morgan fingerprint density at radius 1 is 0.818 bits per heavy atom. The number of hydrogen-bond acceptors (Lipinski definition) is 0. The summed E-state index contributed by atoms with van der Waals surface area (Å²) in [7, 11) is 0. The molecule has 0 aliphatic heterocycles. The molecule has 0 amide bonds. The minimum absolute atomic E-state index is 0.685. The van der Waals surface area contributed by atoms with Crippen molar-refractivity contribution in [2.24, 2.45) is 0 Å². The molecule has 0 spiro atoms. The molecule has 0 saturated heterocycles. The fraction of sp³-hybridized carbons (Fsp3) is 0.182. The largest absolute Gasteiger partial charge is 0.0622 e. The van der Waals surface area contributed by atoms with Crippen LogP contribution in [-0.2, 0) is 0 Å². The maximum Gasteiger partial charge on any atom is 0.00637 e. The van der Waals surface area contributed by atoms with E-state index in [9.17, 15) is 0 Å². The molecular weight excluding hydrogens is 264 g/mol. The van der Waals surface area contributed by atoms with Crippen molar-refractivity contribution in [1.29, 1.82) is 0 Å². The molecule has 0 N–H and O–H groups in total. The molecule has 0 aromatic heterocycles. The number of hydrogen-bond donors (Lipinski definition) is 0. The lowest BCUT2D eigenvalue weighted by Crippen LogP contribution is -1.95. The molecule has 1 unspecified atom stereocenters. The molecule has 0 bridgehead atoms. The molecule has 0 nitrogen and oxygen atoms in total. The first-order valence-electron chi connectivity index (χ1n) is 8.23. The summed E-state index contributed by atoms with van der Waals surface area (Å²) in [6.07, 6.45) is 6.43. The van der Waals surface area contributed by atoms with E-state index in [4.69, 9.17) is 0 Å². The lowest BCUT2D eigenvalue weighted by molar-refractivity contribution is 0.803. The summed E-state index contributed by atoms with van der Waals surface area (Å²) in [5.41, 5.74) is 7.38. The van der Waals surface area contributed by atoms with Gasteiger partial charge in [-0.15, -0.1) is 0 Å². The highest BCUT2D eigenvalue weighted by Crippen LogP contribution is 2.50. The zero-order chi connectivity index (χ0) is 14.5. The van der Waals surface area contributed by atoms with Crippen LogP contribution in [0.2, 0.25) is 0 Å². The van der Waals surface area contributed by atoms with E-state index in [0.717, 1.165) is 0 Å². The van der Waals surface area contributed by atoms with Crippen molar-refractivity contribution in [3.63, 3.8) is 0 Å². The van der Waals surface area contributed by atoms with E-state index in [1.807, 2.05) is 0 Å². The summed E-state index contributed by atoms with van der Waals surface area (Å²) in [5.74, 6) is 0.685. The quantitative estimate of drug-likeness (QED) is 0.500. The van der Waals surface area contributed by atoms with E-state index < -0.39 is 0 Å². The van der Waals surface area contributed by atoms with Crippen LogP contribution in [0.3, 0.4) is 0 Å². The first-order valence-corrected chi connectivity index (χ1v) is 8.23. The lowest BCUT2D eigenvalue weighted by Gasteiger charge is -2.16. The van der Waals surface area contributed by atoms with Gasteiger partial charge in [-0.2, -0.15) is 0 Å². The van der Waals surface area contributed by atoms with Gasteiger partial charge in [0.15, 0.2) is 0 Å². The van der Waals surface area contributed by atoms with E-state index in [0.29, 0.717) is 5.92 Å². The normalized spacial score (nSPS) is 19.1. The minimum atomic E-state index is 0.685. The molecule has 1 atom stereocenters. The Labute approximate surface area is 131 Å². The number of benzene rings is 3. The summed E-state index contributed by atoms with van der Waals surface area (Å²) in [6.45, 7) is 0. The Morgan fingerprint density at radius 3 is 2.45 bits per heavy atom. The number of allylic oxidation sites excluding steroid dienone is 1. The Kier molecular flexibility index (Phi) is 2.54. The first kappa shape index (κ1) is 12.2. The molecular formula is C22H18. The maximum absolute atomic E-state index is 2.46. The Balaban J connectivity index is 1.86. The third kappa shape index (κ3) is 1.64. The van der Waals surface area contributed by atoms with Crippen LogP contribution >= 0.6 is 0 Å². The Bertz CT molecular complexity index is 900. The second-order valence-corrected chi connectivity index (χ2v) is 6.50. The van der Waals surface area contributed by atoms with Crippen LogP contribution in [0.15, 0.2) is 66.2 Å². The maximum atomic E-state index is 2.46. The standard InChI is InChI=1S/C22H18/c1-2-7-15(8-3-1)21-14-17-13-16-9-6-12-18(16)22(17)20-11-5-4-10-19(20)21/h1-5,7-8,10-11,13-14,18H,6,9,12H2. The van der Waals surface area contributed by atoms with Gasteiger partial charge in [-0.25, -0.2) is 0 Å². The molecule has 0 heterocycles. The van der Waals surface area contributed by atoms with Gasteiger partial charge in [-0.05, 0) is 58.4 Å². The summed E-state index contributed by atoms with van der Waals surface area (Å²) < 4.78 is 0. The van der Waals surface area contributed by atoms with E-state index in [-0.39, 0.29) is 0 Å². The Morgan fingerprint density at radius 2 is 1.59 bits per heavy atom. The predicted molar refractivity (Wildman–Crippen MR) is 94.0 cm³/mol. The second kappa shape index (κ2) is 4.58. The average molecular weight is 282 g/mol. The molecule has 22 heavy (non-hydrogen) atoms. The molecule has 3 aromatic rings. The Hall–Kier alpha value is -2.34. The van der Waals surface area contributed by atoms with Gasteiger partial charge in [0.2, 0.25) is 0 Å². The molecule has 2 aliphatic rings. The average Bonchev–Trinajstić information content (AvgIpc) is 3.15. The zero-order valence-electron chi connectivity index (χ0n) is 12.5. The van der Waals surface area contributed by atoms with Gasteiger partial charge in [0.1, 0.15) is 0 Å². The van der Waals surface area contributed by atoms with Crippen molar-refractivity contribution in [2.45, 2.75) is 25.2 Å². The van der Waals surface area contributed by atoms with E-state index in [1.165, 1.54) is 46.7 Å². The van der Waals surface area contributed by atoms with E-state index >= 15 is 0 Å². The first-order chi connectivity index (χ1) is 10.9. The number of rotatable bonds is 1. The van der Waals surface area contributed by atoms with Crippen LogP contribution in [0, 0.1) is 0 Å². The SMILES string of the molecule is C1=C2CCCC2c2c1cc(-c1ccccc1)c1ccccc21. The molecule has 1 saturated carbocycles. The highest BCUT2D eigenvalue weighted by Gasteiger charge is 2.31. The minimum Gasteiger partial charge on any atom is -0.0622 e. The van der Waals surface area contributed by atoms with Gasteiger partial charge >= 0.3 is 0 Å². The molecule has 5 rings (SSSR count). The second-order valence-electron chi connectivity index (χ2n) is 6.50. The van der Waals surface area contributed by atoms with Gasteiger partial charge < -0.3 is 0 Å². The third-order valence-electron chi connectivity index (χ3n) is 5.30. The molecule has 106 valence electrons. The summed E-state index contributed by atoms with van der Waals surface area (Å²) >= 11 is 0. The van der Waals surface area contributed by atoms with Gasteiger partial charge in [0.25, 0.3) is 0 Å². The van der Waals surface area contributed by atoms with Crippen LogP contribution in [0.5, 0.6) is 0 Å². The van der Waals surface area contributed by atoms with Gasteiger partial charge in [0, 0.05) is 5.92 Å². The summed E-state index contributed by atoms with van der Waals surface area (Å²) in [5, 5.41) is 2.85. The topological polar surface area (TPSA) is 0 Å². The van der Waals surface area contributed by atoms with Crippen LogP contribution in [-0.4, -0.2) is 0 Å². The van der Waals surface area contributed by atoms with Crippen molar-refractivity contribution >= 4 is 16.8 Å². The molecule has 0 heteroatoms. The monoisotopic (exact) mass is 282 g/mol. The highest BCUT2D eigenvalue weighted by molar-refractivity contribution is 6.02. The van der Waals surface area contributed by atoms with Crippen molar-refractivity contribution in [2.75, 3.05) is 0 Å². The van der Waals surface area contributed by atoms with Crippen molar-refractivity contribution < 1.29 is 0 Å². The molecule has 2 aliphatic carbocycles. The third-order valence-corrected chi connectivity index (χ3v) is 5.30. The highest BCUT2D eigenvalue weighted by atomic mass is 14.3. The lowest BCUT2D eigenvalue weighted by atomic mass is 9.88. The van der Waals surface area contributed by atoms with Gasteiger partial charge in [0.05, 0.1) is 0 Å². The summed E-state index contributed by atoms with van der Waals surface area (Å²) in [4.78, 5) is 0. The molecule has 0 radical (unpaired) electrons. The van der Waals surface area contributed by atoms with Crippen molar-refractivity contribution in [3.8, 4) is 11.1 Å². The van der Waals surface area contributed by atoms with Crippen LogP contribution in [0.4, 0.5) is 0 Å². The van der Waals surface area contributed by atoms with E-state index in [1.54, 1.807) is 11.1 Å². The predicted octanol–water partition coefficient (Wildman–Crippen LogP) is 6.17. The van der Waals surface area contributed by atoms with Gasteiger partial charge in [-0.1, -0.05) is 66.2 Å². The molecule has 1 fully saturated rings. The fourth-order valence-corrected chi connectivity index (χ4v) is 4.36.